The molecule has 2 aromatic heterocycles. The number of aromatic nitrogens is 3. The van der Waals surface area contributed by atoms with Gasteiger partial charge in [-0.15, -0.1) is 5.10 Å². The van der Waals surface area contributed by atoms with Crippen molar-refractivity contribution in [1.29, 1.82) is 0 Å². The van der Waals surface area contributed by atoms with Crippen LogP contribution in [0.1, 0.15) is 25.8 Å². The van der Waals surface area contributed by atoms with E-state index in [1.165, 1.54) is 15.9 Å². The van der Waals surface area contributed by atoms with Crippen LogP contribution in [0, 0.1) is 5.92 Å². The van der Waals surface area contributed by atoms with Crippen LogP contribution in [0.25, 0.3) is 22.4 Å². The van der Waals surface area contributed by atoms with Crippen LogP contribution in [0.4, 0.5) is 0 Å². The molecule has 176 valence electrons. The van der Waals surface area contributed by atoms with E-state index in [0.717, 1.165) is 23.3 Å². The van der Waals surface area contributed by atoms with E-state index in [0.29, 0.717) is 45.9 Å². The predicted molar refractivity (Wildman–Crippen MR) is 135 cm³/mol. The van der Waals surface area contributed by atoms with Crippen LogP contribution < -0.4 is 24.3 Å². The molecule has 0 atom stereocenters. The zero-order valence-electron chi connectivity index (χ0n) is 19.5. The monoisotopic (exact) mass is 477 g/mol. The van der Waals surface area contributed by atoms with Crippen LogP contribution in [-0.2, 0) is 0 Å². The number of nitrogens with zero attached hydrogens (tertiary/aromatic N) is 3. The molecule has 2 heterocycles. The van der Waals surface area contributed by atoms with Gasteiger partial charge in [-0.1, -0.05) is 43.9 Å². The maximum absolute atomic E-state index is 12.9. The summed E-state index contributed by atoms with van der Waals surface area (Å²) in [5.74, 6) is 3.12. The summed E-state index contributed by atoms with van der Waals surface area (Å²) >= 11 is 1.30. The lowest BCUT2D eigenvalue weighted by atomic mass is 10.1. The number of hydrogen-bond acceptors (Lipinski definition) is 7. The number of benzene rings is 2. The van der Waals surface area contributed by atoms with Crippen LogP contribution in [-0.4, -0.2) is 34.9 Å². The fourth-order valence-corrected chi connectivity index (χ4v) is 4.17. The van der Waals surface area contributed by atoms with Gasteiger partial charge in [0.25, 0.3) is 5.56 Å². The Morgan fingerprint density at radius 2 is 1.91 bits per heavy atom. The van der Waals surface area contributed by atoms with E-state index in [1.807, 2.05) is 48.5 Å². The first-order valence-electron chi connectivity index (χ1n) is 11.0. The minimum atomic E-state index is -0.207. The molecule has 0 saturated carbocycles. The molecule has 0 unspecified atom stereocenters. The number of thiazole rings is 1. The van der Waals surface area contributed by atoms with E-state index in [1.54, 1.807) is 13.2 Å². The van der Waals surface area contributed by atoms with E-state index in [-0.39, 0.29) is 5.56 Å². The average Bonchev–Trinajstić information content (AvgIpc) is 3.37. The van der Waals surface area contributed by atoms with Crippen molar-refractivity contribution in [2.45, 2.75) is 20.3 Å². The molecule has 0 radical (unpaired) electrons. The number of ether oxygens (including phenoxy) is 3. The van der Waals surface area contributed by atoms with Gasteiger partial charge in [0.1, 0.15) is 12.4 Å². The Balaban J connectivity index is 1.57. The fourth-order valence-electron chi connectivity index (χ4n) is 3.26. The van der Waals surface area contributed by atoms with Crippen molar-refractivity contribution in [3.05, 3.63) is 75.6 Å². The lowest BCUT2D eigenvalue weighted by molar-refractivity contribution is 0.273. The molecule has 2 aromatic carbocycles. The van der Waals surface area contributed by atoms with Crippen molar-refractivity contribution >= 4 is 22.4 Å². The van der Waals surface area contributed by atoms with Gasteiger partial charge in [0.15, 0.2) is 17.3 Å². The third kappa shape index (κ3) is 5.28. The van der Waals surface area contributed by atoms with Gasteiger partial charge >= 0.3 is 0 Å². The fraction of sp³-hybridized carbons (Fsp3) is 0.269. The van der Waals surface area contributed by atoms with Crippen molar-refractivity contribution in [3.8, 4) is 28.6 Å². The van der Waals surface area contributed by atoms with E-state index in [4.69, 9.17) is 14.2 Å². The molecule has 0 saturated heterocycles. The van der Waals surface area contributed by atoms with Crippen molar-refractivity contribution in [2.24, 2.45) is 5.92 Å². The summed E-state index contributed by atoms with van der Waals surface area (Å²) in [7, 11) is 1.61. The molecule has 4 rings (SSSR count). The van der Waals surface area contributed by atoms with Gasteiger partial charge in [0.05, 0.1) is 18.2 Å². The van der Waals surface area contributed by atoms with E-state index in [9.17, 15) is 4.79 Å². The summed E-state index contributed by atoms with van der Waals surface area (Å²) < 4.78 is 18.7. The van der Waals surface area contributed by atoms with Crippen LogP contribution in [0.2, 0.25) is 0 Å². The Kier molecular flexibility index (Phi) is 7.27. The maximum atomic E-state index is 12.9. The quantitative estimate of drug-likeness (QED) is 0.316. The third-order valence-corrected chi connectivity index (χ3v) is 6.06. The second kappa shape index (κ2) is 10.5. The highest BCUT2D eigenvalue weighted by Crippen LogP contribution is 2.29. The van der Waals surface area contributed by atoms with Crippen LogP contribution >= 0.6 is 11.3 Å². The van der Waals surface area contributed by atoms with Crippen molar-refractivity contribution in [1.82, 2.24) is 14.6 Å². The van der Waals surface area contributed by atoms with Gasteiger partial charge in [-0.3, -0.25) is 4.79 Å². The number of rotatable bonds is 10. The van der Waals surface area contributed by atoms with E-state index < -0.39 is 0 Å². The lowest BCUT2D eigenvalue weighted by Gasteiger charge is -2.12. The molecule has 0 aliphatic heterocycles. The number of hydrogen-bond donors (Lipinski definition) is 0. The van der Waals surface area contributed by atoms with Gasteiger partial charge in [0.2, 0.25) is 4.96 Å². The highest BCUT2D eigenvalue weighted by molar-refractivity contribution is 7.15. The van der Waals surface area contributed by atoms with E-state index in [2.05, 4.69) is 30.5 Å². The smallest absolute Gasteiger partial charge is 0.291 e. The first kappa shape index (κ1) is 23.5. The van der Waals surface area contributed by atoms with Crippen molar-refractivity contribution < 1.29 is 14.2 Å². The van der Waals surface area contributed by atoms with Crippen LogP contribution in [0.5, 0.6) is 17.2 Å². The highest BCUT2D eigenvalue weighted by Gasteiger charge is 2.13. The van der Waals surface area contributed by atoms with Crippen LogP contribution in [0.3, 0.4) is 0 Å². The van der Waals surface area contributed by atoms with Crippen LogP contribution in [0.15, 0.2) is 59.9 Å². The number of fused-ring (bicyclic) bond motifs is 1. The topological polar surface area (TPSA) is 75.0 Å². The summed E-state index contributed by atoms with van der Waals surface area (Å²) in [5.41, 5.74) is 1.44. The predicted octanol–water partition coefficient (Wildman–Crippen LogP) is 4.36. The molecule has 0 amide bonds. The lowest BCUT2D eigenvalue weighted by Crippen LogP contribution is -2.23. The molecule has 0 spiro atoms. The maximum Gasteiger partial charge on any atom is 0.291 e. The Bertz CT molecular complexity index is 1390. The molecular formula is C26H27N3O4S. The van der Waals surface area contributed by atoms with Gasteiger partial charge in [-0.05, 0) is 60.4 Å². The summed E-state index contributed by atoms with van der Waals surface area (Å²) in [6, 6.07) is 13.1. The first-order valence-corrected chi connectivity index (χ1v) is 11.9. The zero-order chi connectivity index (χ0) is 24.1. The molecule has 0 N–H and O–H groups in total. The molecule has 7 nitrogen and oxygen atoms in total. The standard InChI is InChI=1S/C26H27N3O4S/c1-5-13-32-20-9-7-19(8-10-20)24-27-26-29(28-24)25(30)23(34-26)16-18-6-11-21(22(15-18)31-4)33-14-12-17(2)3/h5-11,15-17H,1,12-14H2,2-4H3/b23-16+. The number of methoxy groups -OCH3 is 1. The van der Waals surface area contributed by atoms with Gasteiger partial charge in [-0.25, -0.2) is 0 Å². The molecule has 0 bridgehead atoms. The second-order valence-corrected chi connectivity index (χ2v) is 9.12. The molecule has 4 aromatic rings. The second-order valence-electron chi connectivity index (χ2n) is 8.11. The molecule has 34 heavy (non-hydrogen) atoms. The average molecular weight is 478 g/mol. The Hall–Kier alpha value is -3.65. The minimum absolute atomic E-state index is 0.207. The molecule has 0 aliphatic rings. The Morgan fingerprint density at radius 1 is 1.12 bits per heavy atom. The Morgan fingerprint density at radius 3 is 2.59 bits per heavy atom. The normalized spacial score (nSPS) is 11.8. The first-order chi connectivity index (χ1) is 16.5. The van der Waals surface area contributed by atoms with Gasteiger partial charge in [0, 0.05) is 5.56 Å². The van der Waals surface area contributed by atoms with Gasteiger partial charge < -0.3 is 14.2 Å². The summed E-state index contributed by atoms with van der Waals surface area (Å²) in [6.45, 7) is 9.02. The summed E-state index contributed by atoms with van der Waals surface area (Å²) in [5, 5.41) is 4.41. The summed E-state index contributed by atoms with van der Waals surface area (Å²) in [4.78, 5) is 18.0. The zero-order valence-corrected chi connectivity index (χ0v) is 20.3. The summed E-state index contributed by atoms with van der Waals surface area (Å²) in [6.07, 6.45) is 4.47. The van der Waals surface area contributed by atoms with E-state index >= 15 is 0 Å². The van der Waals surface area contributed by atoms with Crippen molar-refractivity contribution in [2.75, 3.05) is 20.3 Å². The highest BCUT2D eigenvalue weighted by atomic mass is 32.1. The Labute approximate surface area is 201 Å². The minimum Gasteiger partial charge on any atom is -0.493 e. The molecule has 8 heteroatoms. The SMILES string of the molecule is C=CCOc1ccc(-c2nc3s/c(=C/c4ccc(OCCC(C)C)c(OC)c4)c(=O)n3n2)cc1. The molecular weight excluding hydrogens is 450 g/mol. The molecule has 0 fully saturated rings. The molecule has 0 aliphatic carbocycles. The third-order valence-electron chi connectivity index (χ3n) is 5.10. The van der Waals surface area contributed by atoms with Crippen molar-refractivity contribution in [3.63, 3.8) is 0 Å². The largest absolute Gasteiger partial charge is 0.493 e. The van der Waals surface area contributed by atoms with Gasteiger partial charge in [-0.2, -0.15) is 9.50 Å².